The van der Waals surface area contributed by atoms with E-state index in [0.717, 1.165) is 5.69 Å². The van der Waals surface area contributed by atoms with Gasteiger partial charge in [-0.15, -0.1) is 5.10 Å². The van der Waals surface area contributed by atoms with Crippen LogP contribution in [-0.2, 0) is 7.05 Å². The second-order valence-electron chi connectivity index (χ2n) is 3.06. The van der Waals surface area contributed by atoms with E-state index >= 15 is 0 Å². The number of nitrogen functional groups attached to an aromatic ring is 1. The van der Waals surface area contributed by atoms with Crippen molar-refractivity contribution < 1.29 is 4.74 Å². The Labute approximate surface area is 86.7 Å². The topological polar surface area (TPSA) is 78.8 Å². The third kappa shape index (κ3) is 1.74. The van der Waals surface area contributed by atoms with Crippen LogP contribution in [0.5, 0.6) is 11.9 Å². The first-order valence-electron chi connectivity index (χ1n) is 4.42. The van der Waals surface area contributed by atoms with Crippen LogP contribution >= 0.6 is 0 Å². The summed E-state index contributed by atoms with van der Waals surface area (Å²) in [5, 5.41) is 4.09. The molecular formula is C9H11N5O. The zero-order valence-corrected chi connectivity index (χ0v) is 8.51. The van der Waals surface area contributed by atoms with Gasteiger partial charge in [-0.2, -0.15) is 0 Å². The maximum Gasteiger partial charge on any atom is 0.323 e. The van der Waals surface area contributed by atoms with Gasteiger partial charge < -0.3 is 10.5 Å². The summed E-state index contributed by atoms with van der Waals surface area (Å²) in [6.07, 6.45) is 3.18. The highest BCUT2D eigenvalue weighted by molar-refractivity contribution is 5.52. The van der Waals surface area contributed by atoms with Crippen molar-refractivity contribution in [2.24, 2.45) is 7.05 Å². The molecule has 0 aliphatic heterocycles. The molecule has 2 rings (SSSR count). The monoisotopic (exact) mass is 205 g/mol. The molecule has 0 aliphatic rings. The number of nitrogens with zero attached hydrogens (tertiary/aromatic N) is 4. The summed E-state index contributed by atoms with van der Waals surface area (Å²) in [5.74, 6) is 0.334. The van der Waals surface area contributed by atoms with E-state index in [2.05, 4.69) is 15.1 Å². The molecule has 6 heteroatoms. The predicted molar refractivity (Wildman–Crippen MR) is 54.5 cm³/mol. The molecule has 0 saturated carbocycles. The molecule has 0 spiro atoms. The van der Waals surface area contributed by atoms with Gasteiger partial charge in [0.05, 0.1) is 5.69 Å². The number of rotatable bonds is 2. The SMILES string of the molecule is Cc1c(N)c(Oc2ncccn2)nn1C. The average Bonchev–Trinajstić information content (AvgIpc) is 2.48. The molecular weight excluding hydrogens is 194 g/mol. The van der Waals surface area contributed by atoms with E-state index in [9.17, 15) is 0 Å². The molecule has 0 fully saturated rings. The quantitative estimate of drug-likeness (QED) is 0.787. The molecule has 0 radical (unpaired) electrons. The number of nitrogens with two attached hydrogens (primary N) is 1. The van der Waals surface area contributed by atoms with Gasteiger partial charge in [0.15, 0.2) is 0 Å². The molecule has 0 saturated heterocycles. The van der Waals surface area contributed by atoms with E-state index in [1.54, 1.807) is 30.2 Å². The first kappa shape index (κ1) is 9.45. The first-order chi connectivity index (χ1) is 7.18. The molecule has 0 atom stereocenters. The van der Waals surface area contributed by atoms with Crippen LogP contribution in [-0.4, -0.2) is 19.7 Å². The summed E-state index contributed by atoms with van der Waals surface area (Å²) in [5.41, 5.74) is 7.14. The summed E-state index contributed by atoms with van der Waals surface area (Å²) in [6.45, 7) is 1.86. The Hall–Kier alpha value is -2.11. The Morgan fingerprint density at radius 3 is 2.53 bits per heavy atom. The number of anilines is 1. The Balaban J connectivity index is 2.29. The van der Waals surface area contributed by atoms with Crippen LogP contribution in [0.2, 0.25) is 0 Å². The fourth-order valence-electron chi connectivity index (χ4n) is 1.09. The fourth-order valence-corrected chi connectivity index (χ4v) is 1.09. The van der Waals surface area contributed by atoms with Crippen LogP contribution in [0.4, 0.5) is 5.69 Å². The highest BCUT2D eigenvalue weighted by Gasteiger charge is 2.12. The van der Waals surface area contributed by atoms with Crippen LogP contribution in [0.1, 0.15) is 5.69 Å². The summed E-state index contributed by atoms with van der Waals surface area (Å²) in [4.78, 5) is 7.83. The van der Waals surface area contributed by atoms with Crippen LogP contribution in [0.25, 0.3) is 0 Å². The lowest BCUT2D eigenvalue weighted by atomic mass is 10.4. The normalized spacial score (nSPS) is 10.3. The molecule has 2 aromatic rings. The van der Waals surface area contributed by atoms with Crippen LogP contribution in [0.15, 0.2) is 18.5 Å². The molecule has 2 aromatic heterocycles. The number of hydrogen-bond donors (Lipinski definition) is 1. The van der Waals surface area contributed by atoms with Crippen molar-refractivity contribution in [1.29, 1.82) is 0 Å². The highest BCUT2D eigenvalue weighted by Crippen LogP contribution is 2.25. The summed E-state index contributed by atoms with van der Waals surface area (Å²) in [6, 6.07) is 1.95. The summed E-state index contributed by atoms with van der Waals surface area (Å²) in [7, 11) is 1.80. The fraction of sp³-hybridized carbons (Fsp3) is 0.222. The van der Waals surface area contributed by atoms with Gasteiger partial charge in [0.1, 0.15) is 5.69 Å². The lowest BCUT2D eigenvalue weighted by molar-refractivity contribution is 0.420. The number of aromatic nitrogens is 4. The zero-order valence-electron chi connectivity index (χ0n) is 8.51. The van der Waals surface area contributed by atoms with Crippen molar-refractivity contribution in [2.45, 2.75) is 6.92 Å². The third-order valence-corrected chi connectivity index (χ3v) is 2.08. The van der Waals surface area contributed by atoms with Gasteiger partial charge in [-0.3, -0.25) is 4.68 Å². The van der Waals surface area contributed by atoms with E-state index in [-0.39, 0.29) is 6.01 Å². The highest BCUT2D eigenvalue weighted by atomic mass is 16.5. The number of hydrogen-bond acceptors (Lipinski definition) is 5. The second-order valence-corrected chi connectivity index (χ2v) is 3.06. The van der Waals surface area contributed by atoms with Crippen molar-refractivity contribution in [3.8, 4) is 11.9 Å². The smallest absolute Gasteiger partial charge is 0.323 e. The van der Waals surface area contributed by atoms with Crippen molar-refractivity contribution in [3.63, 3.8) is 0 Å². The number of aryl methyl sites for hydroxylation is 1. The standard InChI is InChI=1S/C9H11N5O/c1-6-7(10)8(13-14(6)2)15-9-11-4-3-5-12-9/h3-5H,10H2,1-2H3. The zero-order chi connectivity index (χ0) is 10.8. The minimum Gasteiger partial charge on any atom is -0.401 e. The Morgan fingerprint density at radius 1 is 1.33 bits per heavy atom. The van der Waals surface area contributed by atoms with Crippen LogP contribution in [0.3, 0.4) is 0 Å². The van der Waals surface area contributed by atoms with Crippen molar-refractivity contribution >= 4 is 5.69 Å². The molecule has 0 bridgehead atoms. The largest absolute Gasteiger partial charge is 0.401 e. The van der Waals surface area contributed by atoms with Gasteiger partial charge in [-0.25, -0.2) is 9.97 Å². The minimum atomic E-state index is 0.238. The van der Waals surface area contributed by atoms with Crippen LogP contribution in [0, 0.1) is 6.92 Å². The van der Waals surface area contributed by atoms with Gasteiger partial charge in [-0.1, -0.05) is 0 Å². The van der Waals surface area contributed by atoms with E-state index in [1.807, 2.05) is 6.92 Å². The van der Waals surface area contributed by atoms with Gasteiger partial charge in [-0.05, 0) is 13.0 Å². The van der Waals surface area contributed by atoms with Crippen LogP contribution < -0.4 is 10.5 Å². The number of ether oxygens (including phenoxy) is 1. The molecule has 2 N–H and O–H groups in total. The average molecular weight is 205 g/mol. The summed E-state index contributed by atoms with van der Waals surface area (Å²) >= 11 is 0. The van der Waals surface area contributed by atoms with Gasteiger partial charge in [0.2, 0.25) is 0 Å². The molecule has 0 aromatic carbocycles. The molecule has 0 unspecified atom stereocenters. The lowest BCUT2D eigenvalue weighted by Crippen LogP contribution is -1.94. The molecule has 0 aliphatic carbocycles. The molecule has 0 amide bonds. The van der Waals surface area contributed by atoms with Gasteiger partial charge >= 0.3 is 6.01 Å². The van der Waals surface area contributed by atoms with Crippen molar-refractivity contribution in [2.75, 3.05) is 5.73 Å². The van der Waals surface area contributed by atoms with Gasteiger partial charge in [0.25, 0.3) is 5.88 Å². The molecule has 6 nitrogen and oxygen atoms in total. The van der Waals surface area contributed by atoms with E-state index in [1.165, 1.54) is 0 Å². The minimum absolute atomic E-state index is 0.238. The molecule has 2 heterocycles. The Bertz CT molecular complexity index is 465. The summed E-state index contributed by atoms with van der Waals surface area (Å²) < 4.78 is 6.98. The first-order valence-corrected chi connectivity index (χ1v) is 4.42. The Kier molecular flexibility index (Phi) is 2.24. The lowest BCUT2D eigenvalue weighted by Gasteiger charge is -1.99. The predicted octanol–water partition coefficient (Wildman–Crippen LogP) is 0.893. The molecule has 15 heavy (non-hydrogen) atoms. The third-order valence-electron chi connectivity index (χ3n) is 2.08. The maximum atomic E-state index is 5.79. The Morgan fingerprint density at radius 2 is 2.00 bits per heavy atom. The molecule has 78 valence electrons. The second kappa shape index (κ2) is 3.56. The van der Waals surface area contributed by atoms with E-state index in [0.29, 0.717) is 11.6 Å². The van der Waals surface area contributed by atoms with E-state index in [4.69, 9.17) is 10.5 Å². The maximum absolute atomic E-state index is 5.79. The van der Waals surface area contributed by atoms with Crippen molar-refractivity contribution in [3.05, 3.63) is 24.2 Å². The van der Waals surface area contributed by atoms with Crippen molar-refractivity contribution in [1.82, 2.24) is 19.7 Å². The van der Waals surface area contributed by atoms with E-state index < -0.39 is 0 Å². The van der Waals surface area contributed by atoms with Gasteiger partial charge in [0, 0.05) is 19.4 Å².